The topological polar surface area (TPSA) is 49.0 Å². The van der Waals surface area contributed by atoms with Crippen molar-refractivity contribution in [1.29, 1.82) is 0 Å². The van der Waals surface area contributed by atoms with Gasteiger partial charge in [-0.2, -0.15) is 0 Å². The Bertz CT molecular complexity index is 976. The molecule has 2 aromatic heterocycles. The zero-order chi connectivity index (χ0) is 18.1. The number of aromatic nitrogens is 3. The summed E-state index contributed by atoms with van der Waals surface area (Å²) in [5.74, 6) is 0.533. The van der Waals surface area contributed by atoms with Crippen LogP contribution in [-0.4, -0.2) is 27.2 Å². The highest BCUT2D eigenvalue weighted by Gasteiger charge is 2.17. The third-order valence-electron chi connectivity index (χ3n) is 4.66. The number of carbonyl (C=O) groups excluding carboxylic acids is 1. The van der Waals surface area contributed by atoms with Crippen molar-refractivity contribution in [1.82, 2.24) is 14.1 Å². The number of rotatable bonds is 4. The first kappa shape index (κ1) is 17.0. The van der Waals surface area contributed by atoms with Gasteiger partial charge >= 0.3 is 5.97 Å². The van der Waals surface area contributed by atoms with Crippen LogP contribution in [0.4, 0.5) is 0 Å². The minimum absolute atomic E-state index is 0.350. The molecule has 1 aromatic carbocycles. The number of esters is 1. The van der Waals surface area contributed by atoms with Crippen LogP contribution < -0.4 is 0 Å². The van der Waals surface area contributed by atoms with Gasteiger partial charge in [0.1, 0.15) is 0 Å². The van der Waals surface area contributed by atoms with Gasteiger partial charge in [-0.05, 0) is 56.7 Å². The molecular formula is C20H23N3O2. The van der Waals surface area contributed by atoms with E-state index in [1.54, 1.807) is 12.1 Å². The van der Waals surface area contributed by atoms with E-state index in [0.717, 1.165) is 29.1 Å². The number of carbonyl (C=O) groups is 1. The Morgan fingerprint density at radius 2 is 2.04 bits per heavy atom. The number of imidazole rings is 1. The molecular weight excluding hydrogens is 314 g/mol. The predicted octanol–water partition coefficient (Wildman–Crippen LogP) is 4.27. The second kappa shape index (κ2) is 6.59. The molecule has 0 unspecified atom stereocenters. The molecule has 0 amide bonds. The van der Waals surface area contributed by atoms with E-state index in [-0.39, 0.29) is 5.97 Å². The van der Waals surface area contributed by atoms with Gasteiger partial charge in [-0.3, -0.25) is 0 Å². The normalized spacial score (nSPS) is 12.0. The number of aryl methyl sites for hydroxylation is 1. The molecule has 0 saturated heterocycles. The first-order chi connectivity index (χ1) is 12.0. The number of hydrogen-bond donors (Lipinski definition) is 0. The fourth-order valence-electron chi connectivity index (χ4n) is 3.17. The molecule has 0 radical (unpaired) electrons. The van der Waals surface area contributed by atoms with Crippen LogP contribution >= 0.6 is 0 Å². The van der Waals surface area contributed by atoms with Gasteiger partial charge in [0.05, 0.1) is 29.4 Å². The molecule has 0 atom stereocenters. The summed E-state index contributed by atoms with van der Waals surface area (Å²) in [6.07, 6.45) is 2.11. The zero-order valence-electron chi connectivity index (χ0n) is 15.3. The van der Waals surface area contributed by atoms with Gasteiger partial charge in [-0.1, -0.05) is 6.08 Å². The first-order valence-electron chi connectivity index (χ1n) is 8.39. The molecule has 2 heterocycles. The summed E-state index contributed by atoms with van der Waals surface area (Å²) in [5.41, 5.74) is 5.78. The summed E-state index contributed by atoms with van der Waals surface area (Å²) in [7, 11) is 3.38. The Morgan fingerprint density at radius 1 is 1.28 bits per heavy atom. The lowest BCUT2D eigenvalue weighted by Crippen LogP contribution is -2.04. The Hall–Kier alpha value is -2.82. The summed E-state index contributed by atoms with van der Waals surface area (Å²) in [4.78, 5) is 16.5. The van der Waals surface area contributed by atoms with Crippen molar-refractivity contribution in [2.45, 2.75) is 27.3 Å². The second-order valence-corrected chi connectivity index (χ2v) is 6.01. The smallest absolute Gasteiger partial charge is 0.337 e. The van der Waals surface area contributed by atoms with Gasteiger partial charge in [-0.25, -0.2) is 9.78 Å². The molecule has 0 fully saturated rings. The molecule has 0 N–H and O–H groups in total. The van der Waals surface area contributed by atoms with Crippen molar-refractivity contribution in [3.8, 4) is 11.5 Å². The third-order valence-corrected chi connectivity index (χ3v) is 4.66. The Morgan fingerprint density at radius 3 is 2.68 bits per heavy atom. The van der Waals surface area contributed by atoms with Crippen molar-refractivity contribution < 1.29 is 9.53 Å². The number of nitrogens with zero attached hydrogens (tertiary/aromatic N) is 3. The molecule has 0 bridgehead atoms. The number of benzene rings is 1. The average molecular weight is 337 g/mol. The quantitative estimate of drug-likeness (QED) is 0.668. The SMILES string of the molecule is C/C=C(\C)c1ccc(-c2nc3cc(C(=O)OC)ccc3n2C)n1CC. The first-order valence-corrected chi connectivity index (χ1v) is 8.39. The van der Waals surface area contributed by atoms with Crippen LogP contribution in [0, 0.1) is 0 Å². The number of hydrogen-bond acceptors (Lipinski definition) is 3. The predicted molar refractivity (Wildman–Crippen MR) is 100 cm³/mol. The third kappa shape index (κ3) is 2.76. The molecule has 0 spiro atoms. The van der Waals surface area contributed by atoms with E-state index < -0.39 is 0 Å². The van der Waals surface area contributed by atoms with Crippen molar-refractivity contribution in [3.63, 3.8) is 0 Å². The number of ether oxygens (including phenoxy) is 1. The zero-order valence-corrected chi connectivity index (χ0v) is 15.3. The second-order valence-electron chi connectivity index (χ2n) is 6.01. The van der Waals surface area contributed by atoms with Crippen molar-refractivity contribution in [3.05, 3.63) is 47.7 Å². The highest BCUT2D eigenvalue weighted by atomic mass is 16.5. The van der Waals surface area contributed by atoms with E-state index in [1.807, 2.05) is 20.0 Å². The molecule has 0 aliphatic rings. The maximum absolute atomic E-state index is 11.8. The largest absolute Gasteiger partial charge is 0.465 e. The lowest BCUT2D eigenvalue weighted by atomic mass is 10.2. The van der Waals surface area contributed by atoms with Crippen LogP contribution in [0.2, 0.25) is 0 Å². The van der Waals surface area contributed by atoms with Gasteiger partial charge < -0.3 is 13.9 Å². The number of fused-ring (bicyclic) bond motifs is 1. The van der Waals surface area contributed by atoms with E-state index in [2.05, 4.69) is 41.2 Å². The summed E-state index contributed by atoms with van der Waals surface area (Å²) < 4.78 is 9.13. The summed E-state index contributed by atoms with van der Waals surface area (Å²) >= 11 is 0. The molecule has 0 aliphatic heterocycles. The van der Waals surface area contributed by atoms with Gasteiger partial charge in [0.15, 0.2) is 5.82 Å². The van der Waals surface area contributed by atoms with E-state index in [0.29, 0.717) is 5.56 Å². The minimum Gasteiger partial charge on any atom is -0.465 e. The highest BCUT2D eigenvalue weighted by Crippen LogP contribution is 2.28. The van der Waals surface area contributed by atoms with Crippen LogP contribution in [0.3, 0.4) is 0 Å². The summed E-state index contributed by atoms with van der Waals surface area (Å²) in [5, 5.41) is 0. The van der Waals surface area contributed by atoms with Crippen LogP contribution in [0.5, 0.6) is 0 Å². The van der Waals surface area contributed by atoms with Crippen LogP contribution in [0.1, 0.15) is 36.8 Å². The molecule has 3 aromatic rings. The summed E-state index contributed by atoms with van der Waals surface area (Å²) in [6, 6.07) is 9.70. The van der Waals surface area contributed by atoms with Gasteiger partial charge in [0.2, 0.25) is 0 Å². The van der Waals surface area contributed by atoms with E-state index in [4.69, 9.17) is 9.72 Å². The monoisotopic (exact) mass is 337 g/mol. The van der Waals surface area contributed by atoms with Gasteiger partial charge in [-0.15, -0.1) is 0 Å². The van der Waals surface area contributed by atoms with Crippen LogP contribution in [-0.2, 0) is 18.3 Å². The van der Waals surface area contributed by atoms with Crippen LogP contribution in [0.15, 0.2) is 36.4 Å². The fraction of sp³-hybridized carbons (Fsp3) is 0.300. The number of allylic oxidation sites excluding steroid dienone is 2. The maximum atomic E-state index is 11.8. The van der Waals surface area contributed by atoms with Crippen molar-refractivity contribution in [2.75, 3.05) is 7.11 Å². The molecule has 3 rings (SSSR count). The lowest BCUT2D eigenvalue weighted by Gasteiger charge is -2.11. The average Bonchev–Trinajstić information content (AvgIpc) is 3.20. The summed E-state index contributed by atoms with van der Waals surface area (Å²) in [6.45, 7) is 7.15. The standard InChI is InChI=1S/C20H23N3O2/c1-6-13(3)16-10-11-18(23(16)7-2)19-21-15-12-14(20(24)25-5)8-9-17(15)22(19)4/h6,8-12H,7H2,1-5H3/b13-6+. The van der Waals surface area contributed by atoms with Crippen molar-refractivity contribution >= 4 is 22.6 Å². The minimum atomic E-state index is -0.350. The van der Waals surface area contributed by atoms with Gasteiger partial charge in [0.25, 0.3) is 0 Å². The van der Waals surface area contributed by atoms with Crippen molar-refractivity contribution in [2.24, 2.45) is 7.05 Å². The Kier molecular flexibility index (Phi) is 4.49. The van der Waals surface area contributed by atoms with E-state index in [1.165, 1.54) is 18.4 Å². The molecule has 0 saturated carbocycles. The molecule has 5 heteroatoms. The Labute approximate surface area is 147 Å². The Balaban J connectivity index is 2.18. The number of methoxy groups -OCH3 is 1. The van der Waals surface area contributed by atoms with E-state index in [9.17, 15) is 4.79 Å². The molecule has 0 aliphatic carbocycles. The molecule has 5 nitrogen and oxygen atoms in total. The highest BCUT2D eigenvalue weighted by molar-refractivity contribution is 5.94. The fourth-order valence-corrected chi connectivity index (χ4v) is 3.17. The lowest BCUT2D eigenvalue weighted by molar-refractivity contribution is 0.0601. The van der Waals surface area contributed by atoms with Crippen LogP contribution in [0.25, 0.3) is 28.1 Å². The van der Waals surface area contributed by atoms with Gasteiger partial charge in [0, 0.05) is 19.3 Å². The molecule has 25 heavy (non-hydrogen) atoms. The molecule has 130 valence electrons. The van der Waals surface area contributed by atoms with E-state index >= 15 is 0 Å². The maximum Gasteiger partial charge on any atom is 0.337 e.